The minimum Gasteiger partial charge on any atom is -0.491 e. The molecule has 1 atom stereocenters. The van der Waals surface area contributed by atoms with Crippen molar-refractivity contribution in [2.75, 3.05) is 33.4 Å². The van der Waals surface area contributed by atoms with Crippen LogP contribution in [0.25, 0.3) is 5.78 Å². The van der Waals surface area contributed by atoms with Crippen molar-refractivity contribution in [2.45, 2.75) is 31.7 Å². The quantitative estimate of drug-likeness (QED) is 0.523. The van der Waals surface area contributed by atoms with Crippen molar-refractivity contribution >= 4 is 5.78 Å². The molecule has 1 aliphatic rings. The van der Waals surface area contributed by atoms with E-state index >= 15 is 0 Å². The van der Waals surface area contributed by atoms with Crippen LogP contribution in [0.3, 0.4) is 0 Å². The molecule has 4 rings (SSSR count). The molecular formula is C21H25F2N5O2. The van der Waals surface area contributed by atoms with E-state index in [1.807, 2.05) is 18.2 Å². The molecule has 1 aromatic carbocycles. The predicted octanol–water partition coefficient (Wildman–Crippen LogP) is 3.47. The van der Waals surface area contributed by atoms with E-state index in [1.54, 1.807) is 7.11 Å². The van der Waals surface area contributed by atoms with E-state index in [1.165, 1.54) is 12.4 Å². The third-order valence-corrected chi connectivity index (χ3v) is 5.31. The molecule has 1 aliphatic heterocycles. The topological polar surface area (TPSA) is 64.8 Å². The van der Waals surface area contributed by atoms with Crippen molar-refractivity contribution in [3.05, 3.63) is 53.6 Å². The van der Waals surface area contributed by atoms with Gasteiger partial charge in [0.25, 0.3) is 12.2 Å². The third kappa shape index (κ3) is 4.73. The summed E-state index contributed by atoms with van der Waals surface area (Å²) < 4.78 is 38.8. The molecule has 0 amide bonds. The van der Waals surface area contributed by atoms with Crippen LogP contribution in [0.15, 0.2) is 36.7 Å². The van der Waals surface area contributed by atoms with Gasteiger partial charge in [0.15, 0.2) is 0 Å². The number of methoxy groups -OCH3 is 1. The minimum absolute atomic E-state index is 0.0825. The summed E-state index contributed by atoms with van der Waals surface area (Å²) in [5, 5.41) is 3.86. The minimum atomic E-state index is -2.63. The van der Waals surface area contributed by atoms with Crippen molar-refractivity contribution < 1.29 is 18.3 Å². The number of nitrogens with zero attached hydrogens (tertiary/aromatic N) is 5. The number of piperidine rings is 1. The summed E-state index contributed by atoms with van der Waals surface area (Å²) in [4.78, 5) is 10.8. The lowest BCUT2D eigenvalue weighted by Crippen LogP contribution is -2.34. The lowest BCUT2D eigenvalue weighted by Gasteiger charge is -2.32. The van der Waals surface area contributed by atoms with Crippen LogP contribution in [0.2, 0.25) is 0 Å². The first-order chi connectivity index (χ1) is 14.6. The van der Waals surface area contributed by atoms with Crippen molar-refractivity contribution in [2.24, 2.45) is 0 Å². The predicted molar refractivity (Wildman–Crippen MR) is 107 cm³/mol. The Labute approximate surface area is 173 Å². The second-order valence-electron chi connectivity index (χ2n) is 7.44. The molecule has 0 spiro atoms. The molecule has 30 heavy (non-hydrogen) atoms. The van der Waals surface area contributed by atoms with Gasteiger partial charge in [-0.25, -0.2) is 13.8 Å². The molecule has 3 aromatic rings. The largest absolute Gasteiger partial charge is 0.491 e. The molecule has 0 N–H and O–H groups in total. The molecule has 2 aromatic heterocycles. The Balaban J connectivity index is 1.46. The molecule has 0 saturated carbocycles. The first-order valence-electron chi connectivity index (χ1n) is 10.1. The third-order valence-electron chi connectivity index (χ3n) is 5.31. The van der Waals surface area contributed by atoms with Crippen LogP contribution >= 0.6 is 0 Å². The van der Waals surface area contributed by atoms with Crippen molar-refractivity contribution in [3.8, 4) is 5.75 Å². The van der Waals surface area contributed by atoms with Gasteiger partial charge in [-0.1, -0.05) is 12.1 Å². The highest BCUT2D eigenvalue weighted by Crippen LogP contribution is 2.30. The van der Waals surface area contributed by atoms with Crippen molar-refractivity contribution in [1.82, 2.24) is 24.5 Å². The van der Waals surface area contributed by atoms with Crippen LogP contribution in [-0.4, -0.2) is 57.9 Å². The summed E-state index contributed by atoms with van der Waals surface area (Å²) >= 11 is 0. The van der Waals surface area contributed by atoms with Crippen LogP contribution in [0, 0.1) is 0 Å². The maximum Gasteiger partial charge on any atom is 0.280 e. The molecule has 9 heteroatoms. The van der Waals surface area contributed by atoms with Gasteiger partial charge in [0.05, 0.1) is 12.3 Å². The Bertz CT molecular complexity index is 981. The van der Waals surface area contributed by atoms with Gasteiger partial charge in [-0.15, -0.1) is 0 Å². The van der Waals surface area contributed by atoms with Crippen LogP contribution < -0.4 is 4.74 Å². The van der Waals surface area contributed by atoms with E-state index in [0.717, 1.165) is 48.3 Å². The van der Waals surface area contributed by atoms with Crippen LogP contribution in [0.1, 0.15) is 42.1 Å². The second kappa shape index (κ2) is 9.44. The molecule has 3 heterocycles. The van der Waals surface area contributed by atoms with Crippen LogP contribution in [0.4, 0.5) is 8.78 Å². The Morgan fingerprint density at radius 3 is 2.97 bits per heavy atom. The first kappa shape index (κ1) is 20.6. The van der Waals surface area contributed by atoms with Gasteiger partial charge in [0, 0.05) is 26.1 Å². The molecule has 1 saturated heterocycles. The van der Waals surface area contributed by atoms with E-state index in [0.29, 0.717) is 18.9 Å². The van der Waals surface area contributed by atoms with Crippen molar-refractivity contribution in [3.63, 3.8) is 0 Å². The SMILES string of the molecule is COCCOc1cccc(CN2CCCC(c3cc(C(F)F)n4ncnc4n3)C2)c1. The molecule has 7 nitrogen and oxygen atoms in total. The Kier molecular flexibility index (Phi) is 6.49. The van der Waals surface area contributed by atoms with E-state index in [9.17, 15) is 8.78 Å². The number of hydrogen-bond donors (Lipinski definition) is 0. The number of halogens is 2. The van der Waals surface area contributed by atoms with E-state index in [2.05, 4.69) is 26.0 Å². The number of fused-ring (bicyclic) bond motifs is 1. The maximum atomic E-state index is 13.5. The fourth-order valence-corrected chi connectivity index (χ4v) is 3.89. The zero-order valence-electron chi connectivity index (χ0n) is 16.9. The number of benzene rings is 1. The normalized spacial score (nSPS) is 17.7. The number of rotatable bonds is 8. The van der Waals surface area contributed by atoms with E-state index in [-0.39, 0.29) is 17.4 Å². The molecule has 0 aliphatic carbocycles. The summed E-state index contributed by atoms with van der Waals surface area (Å²) in [5.41, 5.74) is 1.65. The van der Waals surface area contributed by atoms with Gasteiger partial charge >= 0.3 is 0 Å². The lowest BCUT2D eigenvalue weighted by molar-refractivity contribution is 0.142. The fraction of sp³-hybridized carbons (Fsp3) is 0.476. The Hall–Kier alpha value is -2.65. The zero-order chi connectivity index (χ0) is 20.9. The number of alkyl halides is 2. The summed E-state index contributed by atoms with van der Waals surface area (Å²) in [5.74, 6) is 1.12. The van der Waals surface area contributed by atoms with Crippen molar-refractivity contribution in [1.29, 1.82) is 0 Å². The average molecular weight is 417 g/mol. The van der Waals surface area contributed by atoms with Gasteiger partial charge in [0.1, 0.15) is 24.4 Å². The van der Waals surface area contributed by atoms with Gasteiger partial charge < -0.3 is 9.47 Å². The molecule has 160 valence electrons. The molecule has 0 radical (unpaired) electrons. The highest BCUT2D eigenvalue weighted by molar-refractivity contribution is 5.33. The van der Waals surface area contributed by atoms with Gasteiger partial charge in [-0.3, -0.25) is 4.90 Å². The van der Waals surface area contributed by atoms with Gasteiger partial charge in [-0.05, 0) is 43.1 Å². The Morgan fingerprint density at radius 2 is 2.13 bits per heavy atom. The monoisotopic (exact) mass is 417 g/mol. The van der Waals surface area contributed by atoms with Crippen LogP contribution in [-0.2, 0) is 11.3 Å². The summed E-state index contributed by atoms with van der Waals surface area (Å²) in [6.07, 6.45) is 0.526. The van der Waals surface area contributed by atoms with Crippen LogP contribution in [0.5, 0.6) is 5.75 Å². The molecule has 1 fully saturated rings. The fourth-order valence-electron chi connectivity index (χ4n) is 3.89. The lowest BCUT2D eigenvalue weighted by atomic mass is 9.93. The van der Waals surface area contributed by atoms with E-state index < -0.39 is 6.43 Å². The maximum absolute atomic E-state index is 13.5. The second-order valence-corrected chi connectivity index (χ2v) is 7.44. The number of hydrogen-bond acceptors (Lipinski definition) is 6. The summed E-state index contributed by atoms with van der Waals surface area (Å²) in [6, 6.07) is 9.50. The smallest absolute Gasteiger partial charge is 0.280 e. The number of aromatic nitrogens is 4. The molecule has 0 bridgehead atoms. The standard InChI is InChI=1S/C21H25F2N5O2/c1-29-8-9-30-17-6-2-4-15(10-17)12-27-7-3-5-16(13-27)18-11-19(20(22)23)28-21(26-18)24-14-25-28/h2,4,6,10-11,14,16,20H,3,5,7-9,12-13H2,1H3. The highest BCUT2D eigenvalue weighted by atomic mass is 19.3. The van der Waals surface area contributed by atoms with Gasteiger partial charge in [0.2, 0.25) is 0 Å². The number of likely N-dealkylation sites (tertiary alicyclic amines) is 1. The summed E-state index contributed by atoms with van der Waals surface area (Å²) in [6.45, 7) is 3.54. The number of ether oxygens (including phenoxy) is 2. The first-order valence-corrected chi connectivity index (χ1v) is 10.1. The Morgan fingerprint density at radius 1 is 1.23 bits per heavy atom. The average Bonchev–Trinajstić information content (AvgIpc) is 3.22. The summed E-state index contributed by atoms with van der Waals surface area (Å²) in [7, 11) is 1.65. The van der Waals surface area contributed by atoms with E-state index in [4.69, 9.17) is 9.47 Å². The zero-order valence-corrected chi connectivity index (χ0v) is 16.9. The highest BCUT2D eigenvalue weighted by Gasteiger charge is 2.25. The van der Waals surface area contributed by atoms with Gasteiger partial charge in [-0.2, -0.15) is 14.6 Å². The molecule has 1 unspecified atom stereocenters. The molecular weight excluding hydrogens is 392 g/mol.